The van der Waals surface area contributed by atoms with E-state index in [4.69, 9.17) is 0 Å². The fourth-order valence-electron chi connectivity index (χ4n) is 1.42. The van der Waals surface area contributed by atoms with Crippen LogP contribution in [-0.4, -0.2) is 18.2 Å². The second kappa shape index (κ2) is 5.47. The molecule has 3 heteroatoms. The summed E-state index contributed by atoms with van der Waals surface area (Å²) in [6, 6.07) is 3.87. The highest BCUT2D eigenvalue weighted by molar-refractivity contribution is 5.87. The Morgan fingerprint density at radius 2 is 2.00 bits per heavy atom. The second-order valence-corrected chi connectivity index (χ2v) is 3.65. The molecule has 1 rings (SSSR count). The molecule has 1 aromatic carbocycles. The molecule has 0 aliphatic rings. The fourth-order valence-corrected chi connectivity index (χ4v) is 1.42. The van der Waals surface area contributed by atoms with E-state index >= 15 is 0 Å². The summed E-state index contributed by atoms with van der Waals surface area (Å²) < 4.78 is 4.51. The Bertz CT molecular complexity index is 419. The van der Waals surface area contributed by atoms with Crippen LogP contribution in [-0.2, 0) is 16.1 Å². The monoisotopic (exact) mass is 220 g/mol. The van der Waals surface area contributed by atoms with Crippen LogP contribution in [0.3, 0.4) is 0 Å². The first-order valence-corrected chi connectivity index (χ1v) is 5.05. The highest BCUT2D eigenvalue weighted by atomic mass is 16.5. The standard InChI is InChI=1S/C13H16O3/c1-9-6-11(4-5-13(15)16-3)12(8-14)7-10(9)2/h4-7,14H,8H2,1-3H3. The molecule has 0 fully saturated rings. The summed E-state index contributed by atoms with van der Waals surface area (Å²) in [4.78, 5) is 11.0. The normalized spacial score (nSPS) is 10.8. The lowest BCUT2D eigenvalue weighted by Gasteiger charge is -2.07. The van der Waals surface area contributed by atoms with Crippen molar-refractivity contribution in [2.75, 3.05) is 7.11 Å². The molecule has 0 aliphatic heterocycles. The van der Waals surface area contributed by atoms with Gasteiger partial charge in [0.05, 0.1) is 13.7 Å². The van der Waals surface area contributed by atoms with Gasteiger partial charge in [0.15, 0.2) is 0 Å². The van der Waals surface area contributed by atoms with Crippen LogP contribution in [0.25, 0.3) is 6.08 Å². The quantitative estimate of drug-likeness (QED) is 0.626. The highest BCUT2D eigenvalue weighted by Crippen LogP contribution is 2.17. The summed E-state index contributed by atoms with van der Waals surface area (Å²) in [6.45, 7) is 3.94. The number of hydrogen-bond donors (Lipinski definition) is 1. The summed E-state index contributed by atoms with van der Waals surface area (Å²) in [7, 11) is 1.33. The Hall–Kier alpha value is -1.61. The number of rotatable bonds is 3. The molecule has 0 bridgehead atoms. The van der Waals surface area contributed by atoms with Gasteiger partial charge in [-0.25, -0.2) is 4.79 Å². The van der Waals surface area contributed by atoms with Crippen LogP contribution in [0.5, 0.6) is 0 Å². The Labute approximate surface area is 95.4 Å². The Kier molecular flexibility index (Phi) is 4.26. The van der Waals surface area contributed by atoms with Gasteiger partial charge in [0.25, 0.3) is 0 Å². The van der Waals surface area contributed by atoms with Gasteiger partial charge in [-0.05, 0) is 42.2 Å². The molecule has 1 N–H and O–H groups in total. The van der Waals surface area contributed by atoms with E-state index in [2.05, 4.69) is 4.74 Å². The van der Waals surface area contributed by atoms with Gasteiger partial charge in [-0.15, -0.1) is 0 Å². The zero-order valence-electron chi connectivity index (χ0n) is 9.78. The third-order valence-corrected chi connectivity index (χ3v) is 2.53. The molecule has 0 spiro atoms. The predicted octanol–water partition coefficient (Wildman–Crippen LogP) is 1.98. The molecule has 0 atom stereocenters. The lowest BCUT2D eigenvalue weighted by Crippen LogP contribution is -1.96. The lowest BCUT2D eigenvalue weighted by molar-refractivity contribution is -0.134. The van der Waals surface area contributed by atoms with E-state index in [1.165, 1.54) is 13.2 Å². The van der Waals surface area contributed by atoms with Crippen molar-refractivity contribution in [2.45, 2.75) is 20.5 Å². The van der Waals surface area contributed by atoms with Crippen LogP contribution in [0, 0.1) is 13.8 Å². The second-order valence-electron chi connectivity index (χ2n) is 3.65. The van der Waals surface area contributed by atoms with Crippen molar-refractivity contribution in [3.05, 3.63) is 40.5 Å². The molecule has 16 heavy (non-hydrogen) atoms. The molecule has 0 heterocycles. The molecule has 0 aromatic heterocycles. The number of carbonyl (C=O) groups is 1. The Morgan fingerprint density at radius 3 is 2.56 bits per heavy atom. The summed E-state index contributed by atoms with van der Waals surface area (Å²) in [5.41, 5.74) is 3.90. The molecular weight excluding hydrogens is 204 g/mol. The number of methoxy groups -OCH3 is 1. The number of hydrogen-bond acceptors (Lipinski definition) is 3. The van der Waals surface area contributed by atoms with Gasteiger partial charge in [0.1, 0.15) is 0 Å². The summed E-state index contributed by atoms with van der Waals surface area (Å²) in [5.74, 6) is -0.401. The van der Waals surface area contributed by atoms with Crippen molar-refractivity contribution in [1.29, 1.82) is 0 Å². The van der Waals surface area contributed by atoms with E-state index in [1.54, 1.807) is 6.08 Å². The minimum Gasteiger partial charge on any atom is -0.466 e. The van der Waals surface area contributed by atoms with Crippen LogP contribution < -0.4 is 0 Å². The molecule has 0 amide bonds. The summed E-state index contributed by atoms with van der Waals surface area (Å²) in [6.07, 6.45) is 3.01. The van der Waals surface area contributed by atoms with E-state index in [9.17, 15) is 9.90 Å². The first-order chi connectivity index (χ1) is 7.58. The van der Waals surface area contributed by atoms with Crippen molar-refractivity contribution < 1.29 is 14.6 Å². The number of esters is 1. The first kappa shape index (κ1) is 12.5. The van der Waals surface area contributed by atoms with Gasteiger partial charge in [0, 0.05) is 6.08 Å². The van der Waals surface area contributed by atoms with Crippen LogP contribution in [0.2, 0.25) is 0 Å². The molecule has 0 saturated carbocycles. The van der Waals surface area contributed by atoms with Crippen molar-refractivity contribution in [2.24, 2.45) is 0 Å². The number of ether oxygens (including phenoxy) is 1. The maximum absolute atomic E-state index is 11.0. The maximum atomic E-state index is 11.0. The minimum absolute atomic E-state index is 0.0397. The number of carbonyl (C=O) groups excluding carboxylic acids is 1. The SMILES string of the molecule is COC(=O)C=Cc1cc(C)c(C)cc1CO. The predicted molar refractivity (Wildman–Crippen MR) is 62.9 cm³/mol. The number of aliphatic hydroxyl groups is 1. The molecule has 0 radical (unpaired) electrons. The van der Waals surface area contributed by atoms with Gasteiger partial charge in [-0.1, -0.05) is 12.1 Å². The molecule has 0 saturated heterocycles. The highest BCUT2D eigenvalue weighted by Gasteiger charge is 2.02. The van der Waals surface area contributed by atoms with Gasteiger partial charge in [0.2, 0.25) is 0 Å². The average Bonchev–Trinajstić information content (AvgIpc) is 2.29. The Balaban J connectivity index is 3.07. The summed E-state index contributed by atoms with van der Waals surface area (Å²) >= 11 is 0. The van der Waals surface area contributed by atoms with Crippen LogP contribution in [0.4, 0.5) is 0 Å². The molecular formula is C13H16O3. The largest absolute Gasteiger partial charge is 0.466 e. The van der Waals surface area contributed by atoms with Gasteiger partial charge in [-0.2, -0.15) is 0 Å². The molecule has 86 valence electrons. The molecule has 0 aliphatic carbocycles. The van der Waals surface area contributed by atoms with Crippen LogP contribution >= 0.6 is 0 Å². The Morgan fingerprint density at radius 1 is 1.38 bits per heavy atom. The number of benzene rings is 1. The zero-order chi connectivity index (χ0) is 12.1. The average molecular weight is 220 g/mol. The smallest absolute Gasteiger partial charge is 0.330 e. The molecule has 3 nitrogen and oxygen atoms in total. The van der Waals surface area contributed by atoms with E-state index in [0.29, 0.717) is 0 Å². The van der Waals surface area contributed by atoms with Gasteiger partial charge < -0.3 is 9.84 Å². The molecule has 1 aromatic rings. The van der Waals surface area contributed by atoms with Crippen LogP contribution in [0.1, 0.15) is 22.3 Å². The van der Waals surface area contributed by atoms with Gasteiger partial charge in [-0.3, -0.25) is 0 Å². The zero-order valence-corrected chi connectivity index (χ0v) is 9.78. The van der Waals surface area contributed by atoms with Gasteiger partial charge >= 0.3 is 5.97 Å². The van der Waals surface area contributed by atoms with E-state index in [0.717, 1.165) is 22.3 Å². The lowest BCUT2D eigenvalue weighted by atomic mass is 10.00. The minimum atomic E-state index is -0.401. The van der Waals surface area contributed by atoms with Crippen molar-refractivity contribution in [3.63, 3.8) is 0 Å². The number of aryl methyl sites for hydroxylation is 2. The fraction of sp³-hybridized carbons (Fsp3) is 0.308. The number of aliphatic hydroxyl groups excluding tert-OH is 1. The third-order valence-electron chi connectivity index (χ3n) is 2.53. The molecule has 0 unspecified atom stereocenters. The topological polar surface area (TPSA) is 46.5 Å². The summed E-state index contributed by atoms with van der Waals surface area (Å²) in [5, 5.41) is 9.21. The van der Waals surface area contributed by atoms with Crippen molar-refractivity contribution in [1.82, 2.24) is 0 Å². The van der Waals surface area contributed by atoms with Crippen molar-refractivity contribution >= 4 is 12.0 Å². The van der Waals surface area contributed by atoms with E-state index in [1.807, 2.05) is 26.0 Å². The maximum Gasteiger partial charge on any atom is 0.330 e. The van der Waals surface area contributed by atoms with Crippen LogP contribution in [0.15, 0.2) is 18.2 Å². The third kappa shape index (κ3) is 2.94. The van der Waals surface area contributed by atoms with Crippen molar-refractivity contribution in [3.8, 4) is 0 Å². The van der Waals surface area contributed by atoms with E-state index < -0.39 is 5.97 Å². The first-order valence-electron chi connectivity index (χ1n) is 5.05. The van der Waals surface area contributed by atoms with E-state index in [-0.39, 0.29) is 6.61 Å².